The Morgan fingerprint density at radius 3 is 2.43 bits per heavy atom. The zero-order valence-electron chi connectivity index (χ0n) is 12.9. The Bertz CT molecular complexity index is 1100. The normalized spacial score (nSPS) is 18.2. The molecule has 3 heterocycles. The van der Waals surface area contributed by atoms with Gasteiger partial charge in [-0.2, -0.15) is 0 Å². The zero-order chi connectivity index (χ0) is 16.0. The van der Waals surface area contributed by atoms with Gasteiger partial charge in [-0.15, -0.1) is 0 Å². The molecule has 0 N–H and O–H groups in total. The van der Waals surface area contributed by atoms with Crippen LogP contribution in [-0.2, 0) is 15.3 Å². The summed E-state index contributed by atoms with van der Waals surface area (Å²) in [6, 6.07) is 15.4. The van der Waals surface area contributed by atoms with E-state index in [0.717, 1.165) is 22.5 Å². The van der Waals surface area contributed by atoms with Gasteiger partial charge in [0.15, 0.2) is 0 Å². The van der Waals surface area contributed by atoms with Crippen LogP contribution in [0.5, 0.6) is 0 Å². The summed E-state index contributed by atoms with van der Waals surface area (Å²) in [7, 11) is -3.46. The third-order valence-electron chi connectivity index (χ3n) is 5.12. The van der Waals surface area contributed by atoms with Crippen LogP contribution in [0.2, 0.25) is 0 Å². The number of fused-ring (bicyclic) bond motifs is 7. The molecule has 1 aromatic heterocycles. The van der Waals surface area contributed by atoms with E-state index in [1.165, 1.54) is 5.56 Å². The second kappa shape index (κ2) is 3.77. The Labute approximate surface area is 135 Å². The van der Waals surface area contributed by atoms with Crippen LogP contribution in [0.15, 0.2) is 64.5 Å². The number of hydrogen-bond acceptors (Lipinski definition) is 2. The molecule has 114 valence electrons. The average molecular weight is 321 g/mol. The van der Waals surface area contributed by atoms with Gasteiger partial charge < -0.3 is 4.57 Å². The molecule has 0 spiro atoms. The van der Waals surface area contributed by atoms with Crippen molar-refractivity contribution < 1.29 is 8.42 Å². The largest absolute Gasteiger partial charge is 0.318 e. The summed E-state index contributed by atoms with van der Waals surface area (Å²) in [5.74, 6) is 0. The van der Waals surface area contributed by atoms with Crippen molar-refractivity contribution in [2.45, 2.75) is 29.1 Å². The smallest absolute Gasteiger partial charge is 0.209 e. The van der Waals surface area contributed by atoms with Crippen molar-refractivity contribution in [3.63, 3.8) is 0 Å². The van der Waals surface area contributed by atoms with Gasteiger partial charge in [-0.3, -0.25) is 0 Å². The van der Waals surface area contributed by atoms with Gasteiger partial charge in [0.1, 0.15) is 4.90 Å². The van der Waals surface area contributed by atoms with E-state index in [2.05, 4.69) is 30.5 Å². The van der Waals surface area contributed by atoms with Crippen molar-refractivity contribution in [2.24, 2.45) is 0 Å². The predicted molar refractivity (Wildman–Crippen MR) is 88.8 cm³/mol. The number of nitrogens with zero attached hydrogens (tertiary/aromatic N) is 1. The molecule has 23 heavy (non-hydrogen) atoms. The second-order valence-electron chi connectivity index (χ2n) is 6.73. The number of sulfone groups is 1. The fourth-order valence-corrected chi connectivity index (χ4v) is 6.11. The molecule has 0 radical (unpaired) electrons. The second-order valence-corrected chi connectivity index (χ2v) is 8.59. The predicted octanol–water partition coefficient (Wildman–Crippen LogP) is 3.93. The molecule has 0 atom stereocenters. The number of aromatic nitrogens is 1. The Hall–Kier alpha value is -2.33. The molecule has 3 nitrogen and oxygen atoms in total. The van der Waals surface area contributed by atoms with Crippen LogP contribution in [-0.4, -0.2) is 13.0 Å². The molecule has 0 saturated heterocycles. The number of benzene rings is 2. The minimum atomic E-state index is -3.46. The highest BCUT2D eigenvalue weighted by Gasteiger charge is 2.46. The van der Waals surface area contributed by atoms with Crippen LogP contribution in [0, 0.1) is 0 Å². The standard InChI is InChI=1S/C19H15NO2S/c1-19(2)14-8-4-5-9-15(14)20-11-13-12-7-3-6-10-16(12)23(21,22)17(13)18(19)20/h3-11H,1-2H3. The molecule has 3 aromatic rings. The zero-order valence-corrected chi connectivity index (χ0v) is 13.7. The molecule has 4 heteroatoms. The summed E-state index contributed by atoms with van der Waals surface area (Å²) in [5.41, 5.74) is 4.44. The molecule has 5 rings (SSSR count). The molecule has 0 bridgehead atoms. The number of rotatable bonds is 0. The van der Waals surface area contributed by atoms with Gasteiger partial charge in [-0.1, -0.05) is 50.2 Å². The van der Waals surface area contributed by atoms with Gasteiger partial charge in [0, 0.05) is 28.4 Å². The van der Waals surface area contributed by atoms with Crippen LogP contribution in [0.3, 0.4) is 0 Å². The van der Waals surface area contributed by atoms with E-state index in [1.807, 2.05) is 30.5 Å². The maximum atomic E-state index is 13.1. The third-order valence-corrected chi connectivity index (χ3v) is 7.01. The molecule has 2 aliphatic heterocycles. The topological polar surface area (TPSA) is 39.1 Å². The molecule has 0 fully saturated rings. The van der Waals surface area contributed by atoms with Crippen LogP contribution in [0.1, 0.15) is 25.1 Å². The van der Waals surface area contributed by atoms with Crippen molar-refractivity contribution in [3.05, 3.63) is 66.0 Å². The molecular formula is C19H15NO2S. The molecule has 0 amide bonds. The van der Waals surface area contributed by atoms with E-state index in [9.17, 15) is 8.42 Å². The van der Waals surface area contributed by atoms with Crippen LogP contribution < -0.4 is 0 Å². The molecule has 2 aliphatic rings. The summed E-state index contributed by atoms with van der Waals surface area (Å²) in [6.07, 6.45) is 1.99. The first-order chi connectivity index (χ1) is 10.9. The van der Waals surface area contributed by atoms with E-state index in [4.69, 9.17) is 0 Å². The Kier molecular flexibility index (Phi) is 2.15. The van der Waals surface area contributed by atoms with Crippen LogP contribution in [0.25, 0.3) is 16.8 Å². The molecule has 0 unspecified atom stereocenters. The summed E-state index contributed by atoms with van der Waals surface area (Å²) >= 11 is 0. The van der Waals surface area contributed by atoms with E-state index < -0.39 is 9.84 Å². The summed E-state index contributed by atoms with van der Waals surface area (Å²) in [5, 5.41) is 0. The summed E-state index contributed by atoms with van der Waals surface area (Å²) < 4.78 is 28.3. The van der Waals surface area contributed by atoms with Crippen molar-refractivity contribution in [1.82, 2.24) is 4.57 Å². The minimum absolute atomic E-state index is 0.334. The van der Waals surface area contributed by atoms with Gasteiger partial charge in [-0.25, -0.2) is 8.42 Å². The average Bonchev–Trinajstić information content (AvgIpc) is 3.10. The molecule has 2 aromatic carbocycles. The Morgan fingerprint density at radius 2 is 1.61 bits per heavy atom. The van der Waals surface area contributed by atoms with E-state index in [0.29, 0.717) is 9.79 Å². The van der Waals surface area contributed by atoms with E-state index >= 15 is 0 Å². The first kappa shape index (κ1) is 13.1. The first-order valence-corrected chi connectivity index (χ1v) is 9.12. The van der Waals surface area contributed by atoms with E-state index in [-0.39, 0.29) is 5.41 Å². The lowest BCUT2D eigenvalue weighted by atomic mass is 9.83. The van der Waals surface area contributed by atoms with Gasteiger partial charge in [-0.05, 0) is 17.7 Å². The van der Waals surface area contributed by atoms with E-state index in [1.54, 1.807) is 12.1 Å². The van der Waals surface area contributed by atoms with Crippen LogP contribution >= 0.6 is 0 Å². The van der Waals surface area contributed by atoms with Gasteiger partial charge >= 0.3 is 0 Å². The molecule has 0 aliphatic carbocycles. The maximum absolute atomic E-state index is 13.1. The quantitative estimate of drug-likeness (QED) is 0.492. The number of hydrogen-bond donors (Lipinski definition) is 0. The van der Waals surface area contributed by atoms with Crippen molar-refractivity contribution in [1.29, 1.82) is 0 Å². The minimum Gasteiger partial charge on any atom is -0.318 e. The van der Waals surface area contributed by atoms with Gasteiger partial charge in [0.05, 0.1) is 10.6 Å². The first-order valence-electron chi connectivity index (χ1n) is 7.64. The van der Waals surface area contributed by atoms with Gasteiger partial charge in [0.25, 0.3) is 0 Å². The maximum Gasteiger partial charge on any atom is 0.209 e. The Morgan fingerprint density at radius 1 is 0.913 bits per heavy atom. The lowest BCUT2D eigenvalue weighted by molar-refractivity contribution is 0.586. The monoisotopic (exact) mass is 321 g/mol. The lowest BCUT2D eigenvalue weighted by Gasteiger charge is -2.20. The Balaban J connectivity index is 1.96. The fourth-order valence-electron chi connectivity index (χ4n) is 4.10. The summed E-state index contributed by atoms with van der Waals surface area (Å²) in [4.78, 5) is 0.917. The third kappa shape index (κ3) is 1.34. The van der Waals surface area contributed by atoms with Crippen molar-refractivity contribution in [3.8, 4) is 16.8 Å². The van der Waals surface area contributed by atoms with Crippen molar-refractivity contribution >= 4 is 9.84 Å². The molecule has 0 saturated carbocycles. The van der Waals surface area contributed by atoms with Gasteiger partial charge in [0.2, 0.25) is 9.84 Å². The SMILES string of the molecule is CC1(C)c2ccccc2-n2cc3c(c21)S(=O)(=O)c1ccccc1-3. The highest BCUT2D eigenvalue weighted by Crippen LogP contribution is 2.54. The van der Waals surface area contributed by atoms with Crippen molar-refractivity contribution in [2.75, 3.05) is 0 Å². The van der Waals surface area contributed by atoms with Crippen LogP contribution in [0.4, 0.5) is 0 Å². The fraction of sp³-hybridized carbons (Fsp3) is 0.158. The highest BCUT2D eigenvalue weighted by molar-refractivity contribution is 7.92. The number of para-hydroxylation sites is 1. The summed E-state index contributed by atoms with van der Waals surface area (Å²) in [6.45, 7) is 4.20. The molecular weight excluding hydrogens is 306 g/mol. The lowest BCUT2D eigenvalue weighted by Crippen LogP contribution is -2.18. The highest BCUT2D eigenvalue weighted by atomic mass is 32.2.